The molecule has 1 rings (SSSR count). The van der Waals surface area contributed by atoms with Gasteiger partial charge >= 0.3 is 0 Å². The van der Waals surface area contributed by atoms with E-state index < -0.39 is 0 Å². The molecule has 1 aromatic rings. The number of hydrogen-bond donors (Lipinski definition) is 0. The highest BCUT2D eigenvalue weighted by atomic mass is 16.1. The Kier molecular flexibility index (Phi) is 2.60. The molecule has 0 N–H and O–H groups in total. The quantitative estimate of drug-likeness (QED) is 0.460. The van der Waals surface area contributed by atoms with E-state index in [1.807, 2.05) is 0 Å². The van der Waals surface area contributed by atoms with E-state index in [-0.39, 0.29) is 5.78 Å². The van der Waals surface area contributed by atoms with Gasteiger partial charge in [-0.3, -0.25) is 4.79 Å². The number of ketones is 1. The Hall–Kier alpha value is -1.62. The molecular formula is C10H9NO. The van der Waals surface area contributed by atoms with Gasteiger partial charge in [0.05, 0.1) is 0 Å². The van der Waals surface area contributed by atoms with Gasteiger partial charge in [0.25, 0.3) is 0 Å². The molecule has 0 amide bonds. The second-order valence-electron chi connectivity index (χ2n) is 2.34. The average Bonchev–Trinajstić information content (AvgIpc) is 2.05. The zero-order chi connectivity index (χ0) is 8.97. The van der Waals surface area contributed by atoms with Crippen LogP contribution in [0.15, 0.2) is 18.2 Å². The number of Topliss-reactive ketones (excluding diaryl/α,β-unsaturated/α-hetero) is 1. The minimum Gasteiger partial charge on any atom is -0.293 e. The normalized spacial score (nSPS) is 8.50. The summed E-state index contributed by atoms with van der Waals surface area (Å²) in [4.78, 5) is 14.9. The average molecular weight is 159 g/mol. The molecule has 0 aliphatic heterocycles. The number of aromatic nitrogens is 1. The highest BCUT2D eigenvalue weighted by molar-refractivity contribution is 5.92. The van der Waals surface area contributed by atoms with Crippen molar-refractivity contribution in [3.63, 3.8) is 0 Å². The third kappa shape index (κ3) is 1.93. The molecule has 12 heavy (non-hydrogen) atoms. The maximum atomic E-state index is 10.9. The van der Waals surface area contributed by atoms with Crippen molar-refractivity contribution in [3.8, 4) is 11.8 Å². The van der Waals surface area contributed by atoms with Crippen molar-refractivity contribution in [2.75, 3.05) is 0 Å². The summed E-state index contributed by atoms with van der Waals surface area (Å²) in [5, 5.41) is 0. The molecule has 0 aliphatic rings. The summed E-state index contributed by atoms with van der Waals surface area (Å²) in [5.74, 6) is 5.48. The molecule has 60 valence electrons. The molecule has 0 aromatic carbocycles. The minimum atomic E-state index is -0.0326. The third-order valence-corrected chi connectivity index (χ3v) is 1.36. The second kappa shape index (κ2) is 3.68. The van der Waals surface area contributed by atoms with Gasteiger partial charge in [-0.2, -0.15) is 0 Å². The van der Waals surface area contributed by atoms with Crippen molar-refractivity contribution in [2.24, 2.45) is 0 Å². The van der Waals surface area contributed by atoms with Crippen LogP contribution in [-0.4, -0.2) is 10.8 Å². The van der Waals surface area contributed by atoms with Gasteiger partial charge in [0, 0.05) is 6.92 Å². The molecule has 0 atom stereocenters. The Labute approximate surface area is 71.6 Å². The fourth-order valence-corrected chi connectivity index (χ4v) is 0.828. The van der Waals surface area contributed by atoms with E-state index in [4.69, 9.17) is 0 Å². The number of hydrogen-bond acceptors (Lipinski definition) is 2. The molecule has 0 radical (unpaired) electrons. The SMILES string of the molecule is CC#Cc1cccc(C(C)=O)n1. The lowest BCUT2D eigenvalue weighted by Gasteiger charge is -1.93. The lowest BCUT2D eigenvalue weighted by Crippen LogP contribution is -1.97. The zero-order valence-corrected chi connectivity index (χ0v) is 7.09. The maximum Gasteiger partial charge on any atom is 0.178 e. The molecular weight excluding hydrogens is 150 g/mol. The molecule has 2 nitrogen and oxygen atoms in total. The van der Waals surface area contributed by atoms with E-state index in [2.05, 4.69) is 16.8 Å². The number of pyridine rings is 1. The minimum absolute atomic E-state index is 0.0326. The predicted molar refractivity (Wildman–Crippen MR) is 46.8 cm³/mol. The van der Waals surface area contributed by atoms with Crippen LogP contribution in [0.25, 0.3) is 0 Å². The number of nitrogens with zero attached hydrogens (tertiary/aromatic N) is 1. The van der Waals surface area contributed by atoms with Crippen LogP contribution in [0.2, 0.25) is 0 Å². The molecule has 0 unspecified atom stereocenters. The monoisotopic (exact) mass is 159 g/mol. The van der Waals surface area contributed by atoms with Crippen molar-refractivity contribution >= 4 is 5.78 Å². The van der Waals surface area contributed by atoms with E-state index in [0.29, 0.717) is 11.4 Å². The maximum absolute atomic E-state index is 10.9. The van der Waals surface area contributed by atoms with Crippen LogP contribution in [0.1, 0.15) is 30.0 Å². The van der Waals surface area contributed by atoms with E-state index in [9.17, 15) is 4.79 Å². The van der Waals surface area contributed by atoms with Gasteiger partial charge < -0.3 is 0 Å². The van der Waals surface area contributed by atoms with Crippen LogP contribution in [0.5, 0.6) is 0 Å². The Morgan fingerprint density at radius 2 is 2.25 bits per heavy atom. The molecule has 1 aromatic heterocycles. The van der Waals surface area contributed by atoms with Crippen LogP contribution < -0.4 is 0 Å². The number of carbonyl (C=O) groups excluding carboxylic acids is 1. The first-order valence-electron chi connectivity index (χ1n) is 3.65. The van der Waals surface area contributed by atoms with Gasteiger partial charge in [-0.15, -0.1) is 0 Å². The van der Waals surface area contributed by atoms with E-state index in [0.717, 1.165) is 0 Å². The summed E-state index contributed by atoms with van der Waals surface area (Å²) < 4.78 is 0. The summed E-state index contributed by atoms with van der Waals surface area (Å²) in [5.41, 5.74) is 1.11. The topological polar surface area (TPSA) is 30.0 Å². The van der Waals surface area contributed by atoms with Gasteiger partial charge in [-0.25, -0.2) is 4.98 Å². The number of carbonyl (C=O) groups is 1. The van der Waals surface area contributed by atoms with Crippen molar-refractivity contribution in [1.82, 2.24) is 4.98 Å². The summed E-state index contributed by atoms with van der Waals surface area (Å²) >= 11 is 0. The summed E-state index contributed by atoms with van der Waals surface area (Å²) in [7, 11) is 0. The van der Waals surface area contributed by atoms with Gasteiger partial charge in [0.2, 0.25) is 0 Å². The van der Waals surface area contributed by atoms with Gasteiger partial charge in [0.1, 0.15) is 11.4 Å². The predicted octanol–water partition coefficient (Wildman–Crippen LogP) is 1.66. The van der Waals surface area contributed by atoms with Gasteiger partial charge in [0.15, 0.2) is 5.78 Å². The van der Waals surface area contributed by atoms with Gasteiger partial charge in [-0.1, -0.05) is 12.0 Å². The Morgan fingerprint density at radius 3 is 2.83 bits per heavy atom. The highest BCUT2D eigenvalue weighted by Gasteiger charge is 1.99. The summed E-state index contributed by atoms with van der Waals surface area (Å²) in [6, 6.07) is 5.25. The van der Waals surface area contributed by atoms with Crippen LogP contribution in [0.4, 0.5) is 0 Å². The highest BCUT2D eigenvalue weighted by Crippen LogP contribution is 1.98. The van der Waals surface area contributed by atoms with Crippen LogP contribution in [0.3, 0.4) is 0 Å². The van der Waals surface area contributed by atoms with E-state index >= 15 is 0 Å². The van der Waals surface area contributed by atoms with E-state index in [1.165, 1.54) is 6.92 Å². The van der Waals surface area contributed by atoms with Crippen LogP contribution >= 0.6 is 0 Å². The van der Waals surface area contributed by atoms with Crippen LogP contribution in [-0.2, 0) is 0 Å². The Bertz CT molecular complexity index is 358. The van der Waals surface area contributed by atoms with Crippen molar-refractivity contribution in [2.45, 2.75) is 13.8 Å². The first-order chi connectivity index (χ1) is 5.74. The first kappa shape index (κ1) is 8.48. The fourth-order valence-electron chi connectivity index (χ4n) is 0.828. The summed E-state index contributed by atoms with van der Waals surface area (Å²) in [6.45, 7) is 3.23. The summed E-state index contributed by atoms with van der Waals surface area (Å²) in [6.07, 6.45) is 0. The van der Waals surface area contributed by atoms with Crippen molar-refractivity contribution < 1.29 is 4.79 Å². The molecule has 0 fully saturated rings. The standard InChI is InChI=1S/C10H9NO/c1-3-5-9-6-4-7-10(11-9)8(2)12/h4,6-7H,1-2H3. The molecule has 0 aliphatic carbocycles. The molecule has 0 saturated carbocycles. The lowest BCUT2D eigenvalue weighted by atomic mass is 10.2. The molecule has 2 heteroatoms. The lowest BCUT2D eigenvalue weighted by molar-refractivity contribution is 0.101. The second-order valence-corrected chi connectivity index (χ2v) is 2.34. The van der Waals surface area contributed by atoms with Crippen molar-refractivity contribution in [1.29, 1.82) is 0 Å². The Morgan fingerprint density at radius 1 is 1.50 bits per heavy atom. The largest absolute Gasteiger partial charge is 0.293 e. The van der Waals surface area contributed by atoms with Gasteiger partial charge in [-0.05, 0) is 25.0 Å². The van der Waals surface area contributed by atoms with Crippen LogP contribution in [0, 0.1) is 11.8 Å². The first-order valence-corrected chi connectivity index (χ1v) is 3.65. The Balaban J connectivity index is 3.09. The molecule has 0 spiro atoms. The molecule has 0 saturated heterocycles. The molecule has 0 bridgehead atoms. The van der Waals surface area contributed by atoms with E-state index in [1.54, 1.807) is 25.1 Å². The smallest absolute Gasteiger partial charge is 0.178 e. The fraction of sp³-hybridized carbons (Fsp3) is 0.200. The molecule has 1 heterocycles. The van der Waals surface area contributed by atoms with Crippen molar-refractivity contribution in [3.05, 3.63) is 29.6 Å². The number of rotatable bonds is 1. The zero-order valence-electron chi connectivity index (χ0n) is 7.09. The third-order valence-electron chi connectivity index (χ3n) is 1.36.